The second-order valence-corrected chi connectivity index (χ2v) is 6.84. The SMILES string of the molecule is O=C(COc1ccc(Cl)c(F)c1)N[C@H]1CC[C@H](c2nnc(COC(F)(F)F)o2)NC1. The van der Waals surface area contributed by atoms with Gasteiger partial charge < -0.3 is 19.8 Å². The molecule has 1 amide bonds. The zero-order valence-corrected chi connectivity index (χ0v) is 16.1. The van der Waals surface area contributed by atoms with E-state index in [0.29, 0.717) is 19.4 Å². The van der Waals surface area contributed by atoms with Crippen molar-refractivity contribution in [2.75, 3.05) is 13.2 Å². The minimum atomic E-state index is -4.78. The molecule has 8 nitrogen and oxygen atoms in total. The van der Waals surface area contributed by atoms with Gasteiger partial charge in [0.15, 0.2) is 6.61 Å². The quantitative estimate of drug-likeness (QED) is 0.623. The van der Waals surface area contributed by atoms with E-state index in [4.69, 9.17) is 20.8 Å². The zero-order chi connectivity index (χ0) is 21.7. The number of rotatable bonds is 7. The van der Waals surface area contributed by atoms with Crippen molar-refractivity contribution in [1.29, 1.82) is 0 Å². The molecule has 2 N–H and O–H groups in total. The number of halogens is 5. The lowest BCUT2D eigenvalue weighted by Crippen LogP contribution is -2.48. The fourth-order valence-electron chi connectivity index (χ4n) is 2.78. The Labute approximate surface area is 172 Å². The van der Waals surface area contributed by atoms with Gasteiger partial charge in [0.25, 0.3) is 5.91 Å². The third kappa shape index (κ3) is 6.54. The first-order valence-corrected chi connectivity index (χ1v) is 9.21. The molecule has 0 bridgehead atoms. The summed E-state index contributed by atoms with van der Waals surface area (Å²) in [7, 11) is 0. The van der Waals surface area contributed by atoms with Crippen molar-refractivity contribution < 1.29 is 36.2 Å². The highest BCUT2D eigenvalue weighted by atomic mass is 35.5. The number of alkyl halides is 3. The van der Waals surface area contributed by atoms with Crippen LogP contribution in [0.3, 0.4) is 0 Å². The van der Waals surface area contributed by atoms with Crippen molar-refractivity contribution in [1.82, 2.24) is 20.8 Å². The Morgan fingerprint density at radius 1 is 1.33 bits per heavy atom. The van der Waals surface area contributed by atoms with Gasteiger partial charge in [0, 0.05) is 18.7 Å². The Balaban J connectivity index is 1.40. The van der Waals surface area contributed by atoms with Crippen LogP contribution in [0.15, 0.2) is 22.6 Å². The highest BCUT2D eigenvalue weighted by molar-refractivity contribution is 6.30. The summed E-state index contributed by atoms with van der Waals surface area (Å²) >= 11 is 5.58. The van der Waals surface area contributed by atoms with Crippen molar-refractivity contribution >= 4 is 17.5 Å². The van der Waals surface area contributed by atoms with Crippen LogP contribution in [0.1, 0.15) is 30.7 Å². The zero-order valence-electron chi connectivity index (χ0n) is 15.3. The number of amides is 1. The Bertz CT molecular complexity index is 872. The van der Waals surface area contributed by atoms with Crippen LogP contribution >= 0.6 is 11.6 Å². The van der Waals surface area contributed by atoms with Gasteiger partial charge in [-0.15, -0.1) is 23.4 Å². The lowest BCUT2D eigenvalue weighted by Gasteiger charge is -2.28. The molecule has 0 saturated carbocycles. The molecule has 1 aliphatic heterocycles. The van der Waals surface area contributed by atoms with Gasteiger partial charge in [0.05, 0.1) is 11.1 Å². The number of ether oxygens (including phenoxy) is 2. The average molecular weight is 453 g/mol. The predicted octanol–water partition coefficient (Wildman–Crippen LogP) is 2.89. The van der Waals surface area contributed by atoms with Gasteiger partial charge in [-0.2, -0.15) is 0 Å². The van der Waals surface area contributed by atoms with E-state index in [1.165, 1.54) is 12.1 Å². The molecule has 2 aromatic rings. The van der Waals surface area contributed by atoms with Crippen LogP contribution < -0.4 is 15.4 Å². The van der Waals surface area contributed by atoms with E-state index in [9.17, 15) is 22.4 Å². The second-order valence-electron chi connectivity index (χ2n) is 6.44. The monoisotopic (exact) mass is 452 g/mol. The van der Waals surface area contributed by atoms with Crippen molar-refractivity contribution in [3.8, 4) is 5.75 Å². The number of hydrogen-bond acceptors (Lipinski definition) is 7. The van der Waals surface area contributed by atoms with E-state index in [1.54, 1.807) is 0 Å². The van der Waals surface area contributed by atoms with E-state index < -0.39 is 18.8 Å². The minimum absolute atomic E-state index is 0.0455. The molecule has 2 atom stereocenters. The molecule has 1 saturated heterocycles. The molecule has 1 aliphatic rings. The standard InChI is InChI=1S/C17H17ClF4N4O4/c18-11-3-2-10(5-12(11)19)28-7-14(27)24-9-1-4-13(23-6-9)16-26-25-15(30-16)8-29-17(20,21)22/h2-3,5,9,13,23H,1,4,6-8H2,(H,24,27)/t9-,13+/m0/s1. The fraction of sp³-hybridized carbons (Fsp3) is 0.471. The number of piperidine rings is 1. The lowest BCUT2D eigenvalue weighted by atomic mass is 10.0. The summed E-state index contributed by atoms with van der Waals surface area (Å²) in [5.41, 5.74) is 0. The van der Waals surface area contributed by atoms with Crippen molar-refractivity contribution in [3.05, 3.63) is 40.8 Å². The Morgan fingerprint density at radius 3 is 2.80 bits per heavy atom. The Morgan fingerprint density at radius 2 is 2.13 bits per heavy atom. The molecule has 0 spiro atoms. The first-order valence-electron chi connectivity index (χ1n) is 8.83. The van der Waals surface area contributed by atoms with E-state index in [1.807, 2.05) is 0 Å². The summed E-state index contributed by atoms with van der Waals surface area (Å²) in [6.07, 6.45) is -3.71. The van der Waals surface area contributed by atoms with E-state index in [-0.39, 0.29) is 47.2 Å². The predicted molar refractivity (Wildman–Crippen MR) is 94.0 cm³/mol. The molecule has 0 radical (unpaired) electrons. The molecule has 1 fully saturated rings. The van der Waals surface area contributed by atoms with E-state index in [0.717, 1.165) is 6.07 Å². The second kappa shape index (κ2) is 9.58. The summed E-state index contributed by atoms with van der Waals surface area (Å²) in [5.74, 6) is -0.995. The summed E-state index contributed by atoms with van der Waals surface area (Å²) in [5, 5.41) is 13.1. The van der Waals surface area contributed by atoms with Crippen LogP contribution in [0.2, 0.25) is 5.02 Å². The Kier molecular flexibility index (Phi) is 7.10. The number of nitrogens with one attached hydrogen (secondary N) is 2. The Hall–Kier alpha value is -2.44. The van der Waals surface area contributed by atoms with Crippen LogP contribution in [-0.4, -0.2) is 41.7 Å². The van der Waals surface area contributed by atoms with Crippen molar-refractivity contribution in [2.24, 2.45) is 0 Å². The van der Waals surface area contributed by atoms with Gasteiger partial charge >= 0.3 is 6.36 Å². The number of carbonyl (C=O) groups excluding carboxylic acids is 1. The number of nitrogens with zero attached hydrogens (tertiary/aromatic N) is 2. The highest BCUT2D eigenvalue weighted by Crippen LogP contribution is 2.24. The van der Waals surface area contributed by atoms with Gasteiger partial charge in [-0.3, -0.25) is 9.53 Å². The minimum Gasteiger partial charge on any atom is -0.484 e. The largest absolute Gasteiger partial charge is 0.523 e. The number of benzene rings is 1. The molecule has 1 aromatic carbocycles. The molecule has 30 heavy (non-hydrogen) atoms. The van der Waals surface area contributed by atoms with Gasteiger partial charge in [-0.1, -0.05) is 11.6 Å². The third-order valence-corrected chi connectivity index (χ3v) is 4.49. The maximum atomic E-state index is 13.4. The van der Waals surface area contributed by atoms with Crippen LogP contribution in [0.5, 0.6) is 5.75 Å². The molecular weight excluding hydrogens is 436 g/mol. The molecule has 3 rings (SSSR count). The van der Waals surface area contributed by atoms with E-state index in [2.05, 4.69) is 25.6 Å². The molecule has 13 heteroatoms. The third-order valence-electron chi connectivity index (χ3n) is 4.18. The van der Waals surface area contributed by atoms with Crippen LogP contribution in [0.25, 0.3) is 0 Å². The molecule has 2 heterocycles. The average Bonchev–Trinajstić information content (AvgIpc) is 3.16. The molecule has 0 aliphatic carbocycles. The van der Waals surface area contributed by atoms with Crippen LogP contribution in [0.4, 0.5) is 17.6 Å². The number of carbonyl (C=O) groups is 1. The summed E-state index contributed by atoms with van der Waals surface area (Å²) < 4.78 is 63.5. The topological polar surface area (TPSA) is 98.5 Å². The molecule has 0 unspecified atom stereocenters. The van der Waals surface area contributed by atoms with Crippen LogP contribution in [-0.2, 0) is 16.1 Å². The van der Waals surface area contributed by atoms with Crippen LogP contribution in [0, 0.1) is 5.82 Å². The van der Waals surface area contributed by atoms with Crippen molar-refractivity contribution in [3.63, 3.8) is 0 Å². The molecular formula is C17H17ClF4N4O4. The summed E-state index contributed by atoms with van der Waals surface area (Å²) in [4.78, 5) is 12.0. The first kappa shape index (κ1) is 22.2. The highest BCUT2D eigenvalue weighted by Gasteiger charge is 2.31. The smallest absolute Gasteiger partial charge is 0.484 e. The first-order chi connectivity index (χ1) is 14.2. The van der Waals surface area contributed by atoms with E-state index >= 15 is 0 Å². The maximum Gasteiger partial charge on any atom is 0.523 e. The summed E-state index contributed by atoms with van der Waals surface area (Å²) in [6.45, 7) is -0.782. The van der Waals surface area contributed by atoms with Gasteiger partial charge in [-0.05, 0) is 25.0 Å². The summed E-state index contributed by atoms with van der Waals surface area (Å²) in [6, 6.07) is 3.31. The number of aromatic nitrogens is 2. The number of hydrogen-bond donors (Lipinski definition) is 2. The maximum absolute atomic E-state index is 13.4. The van der Waals surface area contributed by atoms with Crippen molar-refractivity contribution in [2.45, 2.75) is 37.9 Å². The van der Waals surface area contributed by atoms with Gasteiger partial charge in [0.2, 0.25) is 11.8 Å². The van der Waals surface area contributed by atoms with Gasteiger partial charge in [-0.25, -0.2) is 4.39 Å². The lowest BCUT2D eigenvalue weighted by molar-refractivity contribution is -0.332. The van der Waals surface area contributed by atoms with Gasteiger partial charge in [0.1, 0.15) is 18.2 Å². The fourth-order valence-corrected chi connectivity index (χ4v) is 2.90. The normalized spacial score (nSPS) is 19.5. The molecule has 1 aromatic heterocycles. The molecule has 164 valence electrons.